The molecular formula is C19H19NO3. The molecule has 4 nitrogen and oxygen atoms in total. The van der Waals surface area contributed by atoms with Gasteiger partial charge in [-0.15, -0.1) is 0 Å². The first-order valence-corrected chi connectivity index (χ1v) is 7.75. The molecule has 0 saturated heterocycles. The van der Waals surface area contributed by atoms with E-state index in [9.17, 15) is 14.7 Å². The Bertz CT molecular complexity index is 756. The van der Waals surface area contributed by atoms with Gasteiger partial charge in [-0.05, 0) is 13.0 Å². The van der Waals surface area contributed by atoms with Crippen molar-refractivity contribution < 1.29 is 14.7 Å². The number of para-hydroxylation sites is 1. The molecule has 1 aliphatic heterocycles. The minimum Gasteiger partial charge on any atom is -0.375 e. The molecule has 1 heterocycles. The van der Waals surface area contributed by atoms with Crippen molar-refractivity contribution in [1.82, 2.24) is 0 Å². The molecule has 4 heteroatoms. The van der Waals surface area contributed by atoms with Crippen molar-refractivity contribution in [3.8, 4) is 0 Å². The van der Waals surface area contributed by atoms with Crippen LogP contribution in [0.5, 0.6) is 0 Å². The summed E-state index contributed by atoms with van der Waals surface area (Å²) in [7, 11) is 0. The van der Waals surface area contributed by atoms with Crippen molar-refractivity contribution in [2.75, 3.05) is 11.4 Å². The number of anilines is 1. The summed E-state index contributed by atoms with van der Waals surface area (Å²) in [6.45, 7) is 3.91. The van der Waals surface area contributed by atoms with E-state index in [0.717, 1.165) is 0 Å². The van der Waals surface area contributed by atoms with E-state index < -0.39 is 17.4 Å². The maximum atomic E-state index is 12.8. The second kappa shape index (κ2) is 5.63. The lowest BCUT2D eigenvalue weighted by Gasteiger charge is -2.28. The van der Waals surface area contributed by atoms with Crippen LogP contribution in [-0.4, -0.2) is 23.3 Å². The number of amides is 1. The molecule has 0 radical (unpaired) electrons. The minimum absolute atomic E-state index is 0.241. The van der Waals surface area contributed by atoms with Crippen molar-refractivity contribution in [2.24, 2.45) is 5.92 Å². The molecule has 2 aromatic carbocycles. The van der Waals surface area contributed by atoms with Gasteiger partial charge in [-0.2, -0.15) is 0 Å². The topological polar surface area (TPSA) is 57.6 Å². The number of rotatable bonds is 4. The van der Waals surface area contributed by atoms with Crippen LogP contribution in [0.15, 0.2) is 54.6 Å². The minimum atomic E-state index is -1.82. The van der Waals surface area contributed by atoms with E-state index in [0.29, 0.717) is 23.4 Å². The number of likely N-dealkylation sites (N-methyl/N-ethyl adjacent to an activating group) is 1. The van der Waals surface area contributed by atoms with Gasteiger partial charge < -0.3 is 10.0 Å². The smallest absolute Gasteiger partial charge is 0.264 e. The van der Waals surface area contributed by atoms with Gasteiger partial charge in [0.1, 0.15) is 0 Å². The number of ketones is 1. The molecule has 0 aromatic heterocycles. The summed E-state index contributed by atoms with van der Waals surface area (Å²) in [6, 6.07) is 15.9. The predicted octanol–water partition coefficient (Wildman–Crippen LogP) is 2.76. The third-order valence-electron chi connectivity index (χ3n) is 4.57. The first kappa shape index (κ1) is 15.4. The van der Waals surface area contributed by atoms with E-state index >= 15 is 0 Å². The van der Waals surface area contributed by atoms with Crippen molar-refractivity contribution in [2.45, 2.75) is 19.4 Å². The van der Waals surface area contributed by atoms with Gasteiger partial charge in [0, 0.05) is 17.7 Å². The molecule has 3 rings (SSSR count). The van der Waals surface area contributed by atoms with Crippen molar-refractivity contribution >= 4 is 17.4 Å². The fourth-order valence-electron chi connectivity index (χ4n) is 3.24. The summed E-state index contributed by atoms with van der Waals surface area (Å²) in [6.07, 6.45) is 0. The average Bonchev–Trinajstić information content (AvgIpc) is 2.83. The average molecular weight is 309 g/mol. The van der Waals surface area contributed by atoms with Crippen molar-refractivity contribution in [3.63, 3.8) is 0 Å². The van der Waals surface area contributed by atoms with E-state index in [1.165, 1.54) is 4.90 Å². The van der Waals surface area contributed by atoms with Crippen LogP contribution in [0.1, 0.15) is 29.8 Å². The monoisotopic (exact) mass is 309 g/mol. The number of hydrogen-bond acceptors (Lipinski definition) is 3. The molecule has 0 aliphatic carbocycles. The molecule has 2 unspecified atom stereocenters. The Balaban J connectivity index is 2.07. The van der Waals surface area contributed by atoms with E-state index in [1.807, 2.05) is 19.1 Å². The fraction of sp³-hybridized carbons (Fsp3) is 0.263. The summed E-state index contributed by atoms with van der Waals surface area (Å²) in [4.78, 5) is 27.1. The first-order chi connectivity index (χ1) is 11.0. The van der Waals surface area contributed by atoms with Gasteiger partial charge in [-0.1, -0.05) is 55.5 Å². The SMILES string of the molecule is CCN1C(=O)C(O)(C(C)C(=O)c2ccccc2)c2ccccc21. The van der Waals surface area contributed by atoms with Gasteiger partial charge in [-0.25, -0.2) is 0 Å². The molecule has 2 atom stereocenters. The zero-order valence-corrected chi connectivity index (χ0v) is 13.2. The zero-order chi connectivity index (χ0) is 16.6. The number of fused-ring (bicyclic) bond motifs is 1. The second-order valence-electron chi connectivity index (χ2n) is 5.78. The Morgan fingerprint density at radius 3 is 2.39 bits per heavy atom. The van der Waals surface area contributed by atoms with Gasteiger partial charge in [0.2, 0.25) is 0 Å². The normalized spacial score (nSPS) is 21.2. The van der Waals surface area contributed by atoms with Crippen LogP contribution in [0, 0.1) is 5.92 Å². The lowest BCUT2D eigenvalue weighted by molar-refractivity contribution is -0.139. The largest absolute Gasteiger partial charge is 0.375 e. The highest BCUT2D eigenvalue weighted by Gasteiger charge is 2.54. The number of hydrogen-bond donors (Lipinski definition) is 1. The van der Waals surface area contributed by atoms with Crippen LogP contribution in [0.4, 0.5) is 5.69 Å². The Labute approximate surface area is 135 Å². The molecule has 0 fully saturated rings. The predicted molar refractivity (Wildman–Crippen MR) is 88.3 cm³/mol. The quantitative estimate of drug-likeness (QED) is 0.884. The molecular weight excluding hydrogens is 290 g/mol. The Morgan fingerprint density at radius 1 is 1.13 bits per heavy atom. The lowest BCUT2D eigenvalue weighted by atomic mass is 9.79. The maximum absolute atomic E-state index is 12.8. The van der Waals surface area contributed by atoms with Gasteiger partial charge in [0.05, 0.1) is 11.6 Å². The Hall–Kier alpha value is -2.46. The molecule has 0 spiro atoms. The Kier molecular flexibility index (Phi) is 3.78. The summed E-state index contributed by atoms with van der Waals surface area (Å²) >= 11 is 0. The molecule has 23 heavy (non-hydrogen) atoms. The highest BCUT2D eigenvalue weighted by molar-refractivity contribution is 6.11. The van der Waals surface area contributed by atoms with Crippen LogP contribution in [0.2, 0.25) is 0 Å². The van der Waals surface area contributed by atoms with E-state index in [-0.39, 0.29) is 5.78 Å². The summed E-state index contributed by atoms with van der Waals surface area (Å²) in [5.74, 6) is -1.54. The van der Waals surface area contributed by atoms with E-state index in [2.05, 4.69) is 0 Å². The van der Waals surface area contributed by atoms with Gasteiger partial charge in [-0.3, -0.25) is 9.59 Å². The van der Waals surface area contributed by atoms with Crippen LogP contribution in [0.3, 0.4) is 0 Å². The molecule has 1 aliphatic rings. The summed E-state index contributed by atoms with van der Waals surface area (Å²) < 4.78 is 0. The van der Waals surface area contributed by atoms with Crippen molar-refractivity contribution in [1.29, 1.82) is 0 Å². The molecule has 1 N–H and O–H groups in total. The van der Waals surface area contributed by atoms with E-state index in [4.69, 9.17) is 0 Å². The highest BCUT2D eigenvalue weighted by atomic mass is 16.3. The van der Waals surface area contributed by atoms with Gasteiger partial charge >= 0.3 is 0 Å². The lowest BCUT2D eigenvalue weighted by Crippen LogP contribution is -2.47. The molecule has 0 bridgehead atoms. The van der Waals surface area contributed by atoms with Crippen LogP contribution < -0.4 is 4.90 Å². The summed E-state index contributed by atoms with van der Waals surface area (Å²) in [5.41, 5.74) is -0.146. The molecule has 1 amide bonds. The molecule has 2 aromatic rings. The number of carbonyl (C=O) groups is 2. The number of benzene rings is 2. The number of nitrogens with zero attached hydrogens (tertiary/aromatic N) is 1. The summed E-state index contributed by atoms with van der Waals surface area (Å²) in [5, 5.41) is 11.2. The number of carbonyl (C=O) groups excluding carboxylic acids is 2. The van der Waals surface area contributed by atoms with Crippen LogP contribution in [-0.2, 0) is 10.4 Å². The zero-order valence-electron chi connectivity index (χ0n) is 13.2. The third kappa shape index (κ3) is 2.18. The van der Waals surface area contributed by atoms with Gasteiger partial charge in [0.15, 0.2) is 11.4 Å². The maximum Gasteiger partial charge on any atom is 0.264 e. The molecule has 118 valence electrons. The van der Waals surface area contributed by atoms with Crippen LogP contribution >= 0.6 is 0 Å². The third-order valence-corrected chi connectivity index (χ3v) is 4.57. The standard InChI is InChI=1S/C19H19NO3/c1-3-20-16-12-8-7-11-15(16)19(23,18(20)22)13(2)17(21)14-9-5-4-6-10-14/h4-13,23H,3H2,1-2H3. The second-order valence-corrected chi connectivity index (χ2v) is 5.78. The first-order valence-electron chi connectivity index (χ1n) is 7.75. The molecule has 0 saturated carbocycles. The highest BCUT2D eigenvalue weighted by Crippen LogP contribution is 2.45. The van der Waals surface area contributed by atoms with E-state index in [1.54, 1.807) is 49.4 Å². The fourth-order valence-corrected chi connectivity index (χ4v) is 3.24. The Morgan fingerprint density at radius 2 is 1.74 bits per heavy atom. The number of Topliss-reactive ketones (excluding diaryl/α,β-unsaturated/α-hetero) is 1. The van der Waals surface area contributed by atoms with Crippen LogP contribution in [0.25, 0.3) is 0 Å². The van der Waals surface area contributed by atoms with Crippen molar-refractivity contribution in [3.05, 3.63) is 65.7 Å². The van der Waals surface area contributed by atoms with Gasteiger partial charge in [0.25, 0.3) is 5.91 Å². The number of aliphatic hydroxyl groups is 1.